The van der Waals surface area contributed by atoms with Crippen molar-refractivity contribution in [3.8, 4) is 0 Å². The van der Waals surface area contributed by atoms with Crippen molar-refractivity contribution in [2.24, 2.45) is 0 Å². The number of aliphatic hydroxyl groups excluding tert-OH is 1. The summed E-state index contributed by atoms with van der Waals surface area (Å²) in [5, 5.41) is 19.4. The van der Waals surface area contributed by atoms with Crippen molar-refractivity contribution in [2.75, 3.05) is 26.4 Å². The molecule has 0 fully saturated rings. The third-order valence-electron chi connectivity index (χ3n) is 17.5. The number of aryl methyl sites for hydroxylation is 3. The number of ether oxygens (including phenoxy) is 8. The summed E-state index contributed by atoms with van der Waals surface area (Å²) in [6.45, 7) is 40.6. The van der Waals surface area contributed by atoms with E-state index in [1.54, 1.807) is 83.1 Å². The number of thiophene rings is 3. The Morgan fingerprint density at radius 2 is 0.724 bits per heavy atom. The van der Waals surface area contributed by atoms with Gasteiger partial charge in [0.2, 0.25) is 0 Å². The van der Waals surface area contributed by atoms with Gasteiger partial charge in [-0.05, 0) is 200 Å². The van der Waals surface area contributed by atoms with Crippen molar-refractivity contribution in [1.82, 2.24) is 27.8 Å². The molecule has 0 aliphatic carbocycles. The van der Waals surface area contributed by atoms with Crippen LogP contribution in [0.2, 0.25) is 0 Å². The fourth-order valence-electron chi connectivity index (χ4n) is 12.0. The number of nitrogens with one attached hydrogen (secondary N) is 1. The van der Waals surface area contributed by atoms with Crippen LogP contribution in [-0.4, -0.2) is 130 Å². The van der Waals surface area contributed by atoms with Gasteiger partial charge in [0.15, 0.2) is 0 Å². The number of carboxylic acid groups (broad SMARTS) is 1. The monoisotopic (exact) mass is 1670 g/mol. The molecule has 6 heterocycles. The molecular weight excluding hydrogens is 1550 g/mol. The molecule has 0 saturated heterocycles. The average molecular weight is 1670 g/mol. The molecule has 31 heteroatoms. The van der Waals surface area contributed by atoms with Crippen LogP contribution in [0.15, 0.2) is 120 Å². The molecule has 0 saturated carbocycles. The number of carbonyl (C=O) groups excluding carboxylic acids is 5. The highest BCUT2D eigenvalue weighted by Gasteiger charge is 2.42. The molecule has 3 N–H and O–H groups in total. The largest absolute Gasteiger partial charge is 0.480 e. The number of aromatic nitrogens is 6. The number of carboxylic acids is 1. The number of aliphatic hydroxyl groups is 1. The second-order valence-electron chi connectivity index (χ2n) is 31.0. The van der Waals surface area contributed by atoms with Gasteiger partial charge in [0, 0.05) is 0 Å². The lowest BCUT2D eigenvalue weighted by Crippen LogP contribution is -2.54. The molecule has 0 aliphatic rings. The number of hydrogen-bond donors (Lipinski definition) is 3. The molecule has 0 amide bonds. The first-order valence-electron chi connectivity index (χ1n) is 37.4. The molecular formula is C85H116N6O22S3. The number of aliphatic carboxylic acids is 1. The highest BCUT2D eigenvalue weighted by molar-refractivity contribution is 7.21. The number of fused-ring (bicyclic) bond motifs is 3. The third kappa shape index (κ3) is 23.1. The average Bonchev–Trinajstić information content (AvgIpc) is 1.46. The van der Waals surface area contributed by atoms with Crippen molar-refractivity contribution < 1.29 is 76.9 Å². The van der Waals surface area contributed by atoms with Gasteiger partial charge >= 0.3 is 52.9 Å². The zero-order valence-corrected chi connectivity index (χ0v) is 71.8. The number of H-pyrrole nitrogens is 1. The maximum atomic E-state index is 14.1. The number of aromatic amines is 1. The Morgan fingerprint density at radius 3 is 1.03 bits per heavy atom. The zero-order valence-electron chi connectivity index (χ0n) is 69.4. The Hall–Kier alpha value is -9.76. The number of hydrogen-bond acceptors (Lipinski definition) is 24. The van der Waals surface area contributed by atoms with E-state index in [0.717, 1.165) is 64.4 Å². The van der Waals surface area contributed by atoms with Crippen LogP contribution in [0.5, 0.6) is 0 Å². The predicted molar refractivity (Wildman–Crippen MR) is 454 cm³/mol. The van der Waals surface area contributed by atoms with Gasteiger partial charge < -0.3 is 48.1 Å². The second kappa shape index (κ2) is 40.9. The molecule has 3 aromatic carbocycles. The van der Waals surface area contributed by atoms with E-state index >= 15 is 0 Å². The molecule has 9 aromatic rings. The smallest absolute Gasteiger partial charge is 0.348 e. The lowest BCUT2D eigenvalue weighted by molar-refractivity contribution is -0.165. The molecule has 28 nitrogen and oxygen atoms in total. The molecule has 6 aromatic heterocycles. The van der Waals surface area contributed by atoms with Crippen LogP contribution in [0.4, 0.5) is 0 Å². The molecule has 0 aliphatic heterocycles. The SMILES string of the molecule is C.C.CC(C)O[C@@H](CO)c1ccccc1.CCOC(=O)c1sc2[nH]c(=O)n(C(C)(C)C(=O)OC(C)(C)C)c(=O)c2c1C.CCOC(=O)c1sc2c(c1C)c(=O)n(C(C)(C)C(=O)O)c(=O)n2C[C@H](OC(C)C)c1ccccc1.CCOC(=O)c1sc2c(c1C)c(=O)n(C(C)(C)C(=O)OC(C)(C)C)c(=O)n2C[C@H](OC(C)C)c1ccccc1. The van der Waals surface area contributed by atoms with E-state index < -0.39 is 110 Å². The van der Waals surface area contributed by atoms with Gasteiger partial charge in [-0.15, -0.1) is 34.0 Å². The summed E-state index contributed by atoms with van der Waals surface area (Å²) >= 11 is 2.99. The molecule has 636 valence electrons. The Kier molecular flexibility index (Phi) is 34.8. The minimum Gasteiger partial charge on any atom is -0.480 e. The second-order valence-corrected chi connectivity index (χ2v) is 34.0. The van der Waals surface area contributed by atoms with Crippen LogP contribution >= 0.6 is 34.0 Å². The van der Waals surface area contributed by atoms with Gasteiger partial charge in [-0.1, -0.05) is 106 Å². The number of carbonyl (C=O) groups is 6. The van der Waals surface area contributed by atoms with E-state index in [1.807, 2.05) is 133 Å². The van der Waals surface area contributed by atoms with E-state index in [9.17, 15) is 62.6 Å². The van der Waals surface area contributed by atoms with E-state index in [2.05, 4.69) is 4.98 Å². The van der Waals surface area contributed by atoms with Gasteiger partial charge in [-0.3, -0.25) is 28.5 Å². The molecule has 0 spiro atoms. The molecule has 3 atom stereocenters. The summed E-state index contributed by atoms with van der Waals surface area (Å²) < 4.78 is 49.4. The summed E-state index contributed by atoms with van der Waals surface area (Å²) in [6, 6.07) is 28.5. The Labute approximate surface area is 687 Å². The molecule has 0 radical (unpaired) electrons. The Morgan fingerprint density at radius 1 is 0.431 bits per heavy atom. The van der Waals surface area contributed by atoms with Crippen molar-refractivity contribution in [2.45, 2.75) is 259 Å². The lowest BCUT2D eigenvalue weighted by Gasteiger charge is -2.30. The summed E-state index contributed by atoms with van der Waals surface area (Å²) in [6.07, 6.45) is -1.50. The Balaban J connectivity index is 0.000000340. The summed E-state index contributed by atoms with van der Waals surface area (Å²) in [7, 11) is 0. The minimum absolute atomic E-state index is 0. The molecule has 0 unspecified atom stereocenters. The quantitative estimate of drug-likeness (QED) is 0.0335. The number of nitrogens with zero attached hydrogens (tertiary/aromatic N) is 5. The summed E-state index contributed by atoms with van der Waals surface area (Å²) in [5.74, 6) is -4.51. The number of esters is 5. The van der Waals surface area contributed by atoms with Gasteiger partial charge in [0.1, 0.15) is 75.3 Å². The van der Waals surface area contributed by atoms with Gasteiger partial charge in [0.05, 0.1) is 74.0 Å². The fourth-order valence-corrected chi connectivity index (χ4v) is 15.5. The van der Waals surface area contributed by atoms with Crippen molar-refractivity contribution in [1.29, 1.82) is 0 Å². The fraction of sp³-hybridized carbons (Fsp3) is 0.506. The molecule has 0 bridgehead atoms. The minimum atomic E-state index is -1.83. The van der Waals surface area contributed by atoms with E-state index in [0.29, 0.717) is 21.5 Å². The van der Waals surface area contributed by atoms with Gasteiger partial charge in [0.25, 0.3) is 16.7 Å². The summed E-state index contributed by atoms with van der Waals surface area (Å²) in [5.41, 5.74) is -7.13. The third-order valence-corrected chi connectivity index (χ3v) is 21.3. The first-order chi connectivity index (χ1) is 53.1. The predicted octanol–water partition coefficient (Wildman–Crippen LogP) is 14.4. The molecule has 116 heavy (non-hydrogen) atoms. The van der Waals surface area contributed by atoms with Crippen LogP contribution < -0.4 is 33.7 Å². The number of benzene rings is 3. The van der Waals surface area contributed by atoms with E-state index in [4.69, 9.17) is 43.0 Å². The lowest BCUT2D eigenvalue weighted by atomic mass is 10.0. The van der Waals surface area contributed by atoms with E-state index in [-0.39, 0.29) is 119 Å². The highest BCUT2D eigenvalue weighted by atomic mass is 32.1. The first kappa shape index (κ1) is 98.6. The van der Waals surface area contributed by atoms with Crippen LogP contribution in [0, 0.1) is 20.8 Å². The standard InChI is InChI=1S/C29H38N2O7S.C25H30N2O7S.C18H24N2O6S.C11H16O2.2CH4/c1-10-36-25(33)22-18(4)21-23(32)31(29(8,9)26(34)38-28(5,6)7)27(35)30(24(21)39-22)16-20(37-17(2)3)19-14-12-11-13-15-19;1-7-33-22(29)19-15(4)18-20(28)27(25(5,6)23(30)31)24(32)26(21(18)35-19)13-17(34-14(2)3)16-11-9-8-10-12-16;1-8-25-14(22)11-9(2)10-12(27-11)19-16(24)20(13(10)21)18(6,7)15(23)26-17(3,4)5;1-9(2)13-11(8-12)10-6-4-3-5-7-10;;/h11-15,17,20H,10,16H2,1-9H3;8-12,14,17H,7,13H2,1-6H3,(H,30,31);8H2,1-7H3,(H,19,24);3-7,9,11-12H,8H2,1-2H3;2*1H4/t20-;17-;;11-;;/m00.0../s1. The summed E-state index contributed by atoms with van der Waals surface area (Å²) in [4.78, 5) is 160. The van der Waals surface area contributed by atoms with E-state index in [1.165, 1.54) is 50.7 Å². The maximum absolute atomic E-state index is 14.1. The van der Waals surface area contributed by atoms with Crippen LogP contribution in [-0.2, 0) is 82.0 Å². The zero-order chi connectivity index (χ0) is 85.8. The Bertz CT molecular complexity index is 5310. The topological polar surface area (TPSA) is 360 Å². The van der Waals surface area contributed by atoms with Gasteiger partial charge in [-0.2, -0.15) is 0 Å². The maximum Gasteiger partial charge on any atom is 0.348 e. The van der Waals surface area contributed by atoms with Crippen molar-refractivity contribution in [3.05, 3.63) is 202 Å². The van der Waals surface area contributed by atoms with Crippen LogP contribution in [0.1, 0.15) is 241 Å². The highest BCUT2D eigenvalue weighted by Crippen LogP contribution is 2.35. The van der Waals surface area contributed by atoms with Crippen molar-refractivity contribution >= 4 is 100 Å². The number of rotatable bonds is 26. The van der Waals surface area contributed by atoms with Crippen LogP contribution in [0.3, 0.4) is 0 Å². The normalized spacial score (nSPS) is 12.6. The van der Waals surface area contributed by atoms with Crippen molar-refractivity contribution in [3.63, 3.8) is 0 Å². The first-order valence-corrected chi connectivity index (χ1v) is 39.8. The van der Waals surface area contributed by atoms with Gasteiger partial charge in [-0.25, -0.2) is 56.9 Å². The van der Waals surface area contributed by atoms with Crippen LogP contribution in [0.25, 0.3) is 30.6 Å². The molecule has 9 rings (SSSR count).